The first-order valence-corrected chi connectivity index (χ1v) is 6.50. The lowest BCUT2D eigenvalue weighted by molar-refractivity contribution is -0.128. The second-order valence-corrected chi connectivity index (χ2v) is 4.86. The van der Waals surface area contributed by atoms with Crippen LogP contribution in [-0.2, 0) is 9.53 Å². The van der Waals surface area contributed by atoms with Gasteiger partial charge < -0.3 is 15.0 Å². The zero-order chi connectivity index (χ0) is 13.3. The Bertz CT molecular complexity index is 206. The van der Waals surface area contributed by atoms with E-state index in [0.717, 1.165) is 26.2 Å². The van der Waals surface area contributed by atoms with Crippen molar-refractivity contribution in [2.75, 3.05) is 33.9 Å². The highest BCUT2D eigenvalue weighted by molar-refractivity contribution is 5.75. The quantitative estimate of drug-likeness (QED) is 0.625. The van der Waals surface area contributed by atoms with Crippen molar-refractivity contribution in [1.82, 2.24) is 10.2 Å². The zero-order valence-corrected chi connectivity index (χ0v) is 12.0. The molecule has 0 aromatic rings. The van der Waals surface area contributed by atoms with Crippen molar-refractivity contribution in [2.24, 2.45) is 5.92 Å². The third-order valence-corrected chi connectivity index (χ3v) is 2.78. The molecule has 0 saturated carbocycles. The van der Waals surface area contributed by atoms with E-state index in [0.29, 0.717) is 18.4 Å². The van der Waals surface area contributed by atoms with Crippen LogP contribution >= 0.6 is 0 Å². The Hall–Kier alpha value is -0.610. The third kappa shape index (κ3) is 8.16. The minimum absolute atomic E-state index is 0.192. The van der Waals surface area contributed by atoms with E-state index >= 15 is 0 Å². The van der Waals surface area contributed by atoms with E-state index in [1.54, 1.807) is 19.0 Å². The van der Waals surface area contributed by atoms with Crippen LogP contribution in [0.25, 0.3) is 0 Å². The lowest BCUT2D eigenvalue weighted by atomic mass is 10.1. The minimum Gasteiger partial charge on any atom is -0.380 e. The first-order valence-electron chi connectivity index (χ1n) is 6.50. The number of hydrogen-bond acceptors (Lipinski definition) is 3. The van der Waals surface area contributed by atoms with Crippen LogP contribution in [0.3, 0.4) is 0 Å². The average molecular weight is 244 g/mol. The molecule has 0 aromatic heterocycles. The van der Waals surface area contributed by atoms with Crippen molar-refractivity contribution in [1.29, 1.82) is 0 Å². The second-order valence-electron chi connectivity index (χ2n) is 4.86. The monoisotopic (exact) mass is 244 g/mol. The molecule has 1 unspecified atom stereocenters. The van der Waals surface area contributed by atoms with Crippen molar-refractivity contribution < 1.29 is 9.53 Å². The molecule has 4 nitrogen and oxygen atoms in total. The highest BCUT2D eigenvalue weighted by Crippen LogP contribution is 2.03. The Morgan fingerprint density at radius 1 is 1.35 bits per heavy atom. The van der Waals surface area contributed by atoms with E-state index in [1.165, 1.54) is 0 Å². The molecule has 0 bridgehead atoms. The maximum Gasteiger partial charge on any atom is 0.222 e. The molecule has 0 fully saturated rings. The SMILES string of the molecule is CCOCC(NCCCC(=O)N(C)C)C(C)C. The van der Waals surface area contributed by atoms with E-state index in [1.807, 2.05) is 6.92 Å². The van der Waals surface area contributed by atoms with Gasteiger partial charge in [-0.15, -0.1) is 0 Å². The Balaban J connectivity index is 3.71. The Morgan fingerprint density at radius 2 is 2.00 bits per heavy atom. The van der Waals surface area contributed by atoms with Crippen molar-refractivity contribution in [3.05, 3.63) is 0 Å². The summed E-state index contributed by atoms with van der Waals surface area (Å²) in [6.45, 7) is 8.74. The molecule has 0 heterocycles. The molecule has 0 radical (unpaired) electrons. The van der Waals surface area contributed by atoms with Crippen molar-refractivity contribution in [3.8, 4) is 0 Å². The number of ether oxygens (including phenoxy) is 1. The Morgan fingerprint density at radius 3 is 2.47 bits per heavy atom. The molecule has 4 heteroatoms. The highest BCUT2D eigenvalue weighted by Gasteiger charge is 2.12. The lowest BCUT2D eigenvalue weighted by Gasteiger charge is -2.22. The number of amides is 1. The molecule has 17 heavy (non-hydrogen) atoms. The van der Waals surface area contributed by atoms with Crippen molar-refractivity contribution in [3.63, 3.8) is 0 Å². The molecule has 0 aliphatic rings. The average Bonchev–Trinajstić information content (AvgIpc) is 2.27. The van der Waals surface area contributed by atoms with E-state index in [-0.39, 0.29) is 5.91 Å². The van der Waals surface area contributed by atoms with Crippen LogP contribution in [0.4, 0.5) is 0 Å². The summed E-state index contributed by atoms with van der Waals surface area (Å²) in [6, 6.07) is 0.379. The zero-order valence-electron chi connectivity index (χ0n) is 12.0. The number of carbonyl (C=O) groups excluding carboxylic acids is 1. The summed E-state index contributed by atoms with van der Waals surface area (Å²) in [5, 5.41) is 3.45. The van der Waals surface area contributed by atoms with Crippen LogP contribution in [0.2, 0.25) is 0 Å². The van der Waals surface area contributed by atoms with Gasteiger partial charge in [0, 0.05) is 33.2 Å². The number of nitrogens with zero attached hydrogens (tertiary/aromatic N) is 1. The summed E-state index contributed by atoms with van der Waals surface area (Å²) in [6.07, 6.45) is 1.49. The van der Waals surface area contributed by atoms with Crippen LogP contribution in [0.1, 0.15) is 33.6 Å². The summed E-state index contributed by atoms with van der Waals surface area (Å²) in [5.74, 6) is 0.740. The number of nitrogens with one attached hydrogen (secondary N) is 1. The molecule has 1 atom stereocenters. The standard InChI is InChI=1S/C13H28N2O2/c1-6-17-10-12(11(2)3)14-9-7-8-13(16)15(4)5/h11-12,14H,6-10H2,1-5H3. The summed E-state index contributed by atoms with van der Waals surface area (Å²) in [7, 11) is 3.59. The van der Waals surface area contributed by atoms with Crippen LogP contribution < -0.4 is 5.32 Å². The maximum absolute atomic E-state index is 11.4. The molecular formula is C13H28N2O2. The van der Waals surface area contributed by atoms with Gasteiger partial charge in [0.05, 0.1) is 6.61 Å². The first kappa shape index (κ1) is 16.4. The first-order chi connectivity index (χ1) is 7.99. The molecule has 0 aromatic carbocycles. The molecule has 1 N–H and O–H groups in total. The molecule has 1 amide bonds. The molecule has 0 aliphatic carbocycles. The van der Waals surface area contributed by atoms with Gasteiger partial charge in [-0.05, 0) is 25.8 Å². The van der Waals surface area contributed by atoms with E-state index < -0.39 is 0 Å². The van der Waals surface area contributed by atoms with Gasteiger partial charge in [-0.3, -0.25) is 4.79 Å². The van der Waals surface area contributed by atoms with Crippen molar-refractivity contribution >= 4 is 5.91 Å². The van der Waals surface area contributed by atoms with Gasteiger partial charge in [0.15, 0.2) is 0 Å². The molecule has 0 saturated heterocycles. The Labute approximate surface area is 106 Å². The van der Waals surface area contributed by atoms with Gasteiger partial charge in [0.2, 0.25) is 5.91 Å². The molecule has 0 rings (SSSR count). The molecule has 0 spiro atoms. The summed E-state index contributed by atoms with van der Waals surface area (Å²) in [4.78, 5) is 13.0. The Kier molecular flexibility index (Phi) is 9.09. The number of rotatable bonds is 9. The van der Waals surface area contributed by atoms with Gasteiger partial charge in [-0.2, -0.15) is 0 Å². The van der Waals surface area contributed by atoms with Crippen LogP contribution in [-0.4, -0.2) is 50.7 Å². The number of carbonyl (C=O) groups is 1. The smallest absolute Gasteiger partial charge is 0.222 e. The molecule has 0 aliphatic heterocycles. The second kappa shape index (κ2) is 9.42. The molecule has 102 valence electrons. The van der Waals surface area contributed by atoms with Gasteiger partial charge in [-0.25, -0.2) is 0 Å². The summed E-state index contributed by atoms with van der Waals surface area (Å²) >= 11 is 0. The fourth-order valence-corrected chi connectivity index (χ4v) is 1.48. The number of hydrogen-bond donors (Lipinski definition) is 1. The van der Waals surface area contributed by atoms with Gasteiger partial charge in [-0.1, -0.05) is 13.8 Å². The summed E-state index contributed by atoms with van der Waals surface area (Å²) in [5.41, 5.74) is 0. The van der Waals surface area contributed by atoms with Crippen LogP contribution in [0, 0.1) is 5.92 Å². The lowest BCUT2D eigenvalue weighted by Crippen LogP contribution is -2.38. The van der Waals surface area contributed by atoms with E-state index in [2.05, 4.69) is 19.2 Å². The topological polar surface area (TPSA) is 41.6 Å². The fraction of sp³-hybridized carbons (Fsp3) is 0.923. The van der Waals surface area contributed by atoms with Crippen molar-refractivity contribution in [2.45, 2.75) is 39.7 Å². The minimum atomic E-state index is 0.192. The van der Waals surface area contributed by atoms with Gasteiger partial charge >= 0.3 is 0 Å². The van der Waals surface area contributed by atoms with Gasteiger partial charge in [0.25, 0.3) is 0 Å². The highest BCUT2D eigenvalue weighted by atomic mass is 16.5. The summed E-state index contributed by atoms with van der Waals surface area (Å²) < 4.78 is 5.44. The predicted octanol–water partition coefficient (Wildman–Crippen LogP) is 1.51. The normalized spacial score (nSPS) is 12.8. The van der Waals surface area contributed by atoms with Crippen LogP contribution in [0.15, 0.2) is 0 Å². The maximum atomic E-state index is 11.4. The van der Waals surface area contributed by atoms with Gasteiger partial charge in [0.1, 0.15) is 0 Å². The third-order valence-electron chi connectivity index (χ3n) is 2.78. The van der Waals surface area contributed by atoms with Crippen LogP contribution in [0.5, 0.6) is 0 Å². The molecular weight excluding hydrogens is 216 g/mol. The largest absolute Gasteiger partial charge is 0.380 e. The van der Waals surface area contributed by atoms with E-state index in [4.69, 9.17) is 4.74 Å². The fourth-order valence-electron chi connectivity index (χ4n) is 1.48. The predicted molar refractivity (Wildman–Crippen MR) is 71.0 cm³/mol. The van der Waals surface area contributed by atoms with E-state index in [9.17, 15) is 4.79 Å².